The van der Waals surface area contributed by atoms with Crippen LogP contribution in [-0.2, 0) is 0 Å². The van der Waals surface area contributed by atoms with Crippen molar-refractivity contribution in [3.05, 3.63) is 41.0 Å². The normalized spacial score (nSPS) is 10.6. The van der Waals surface area contributed by atoms with E-state index in [1.54, 1.807) is 18.2 Å². The highest BCUT2D eigenvalue weighted by Crippen LogP contribution is 2.33. The third-order valence-corrected chi connectivity index (χ3v) is 2.19. The number of ether oxygens (including phenoxy) is 1. The van der Waals surface area contributed by atoms with E-state index in [0.717, 1.165) is 0 Å². The van der Waals surface area contributed by atoms with Crippen LogP contribution in [-0.4, -0.2) is 25.8 Å². The fourth-order valence-corrected chi connectivity index (χ4v) is 1.56. The van der Waals surface area contributed by atoms with E-state index < -0.39 is 4.92 Å². The van der Waals surface area contributed by atoms with Gasteiger partial charge in [-0.25, -0.2) is 9.67 Å². The fourth-order valence-electron chi connectivity index (χ4n) is 1.56. The highest BCUT2D eigenvalue weighted by molar-refractivity contribution is 5.61. The first-order chi connectivity index (χ1) is 8.59. The van der Waals surface area contributed by atoms with Gasteiger partial charge in [-0.1, -0.05) is 6.07 Å². The summed E-state index contributed by atoms with van der Waals surface area (Å²) in [6.45, 7) is 3.62. The van der Waals surface area contributed by atoms with Crippen LogP contribution in [0.15, 0.2) is 30.9 Å². The van der Waals surface area contributed by atoms with Gasteiger partial charge in [0.25, 0.3) is 0 Å². The third kappa shape index (κ3) is 2.29. The molecule has 2 rings (SSSR count). The topological polar surface area (TPSA) is 83.1 Å². The summed E-state index contributed by atoms with van der Waals surface area (Å²) in [6, 6.07) is 4.85. The smallest absolute Gasteiger partial charge is 0.336 e. The van der Waals surface area contributed by atoms with E-state index in [4.69, 9.17) is 4.74 Å². The number of aromatic nitrogens is 3. The van der Waals surface area contributed by atoms with Crippen molar-refractivity contribution in [2.24, 2.45) is 0 Å². The Kier molecular flexibility index (Phi) is 3.22. The molecule has 18 heavy (non-hydrogen) atoms. The lowest BCUT2D eigenvalue weighted by Gasteiger charge is -2.11. The molecule has 1 heterocycles. The van der Waals surface area contributed by atoms with E-state index in [2.05, 4.69) is 10.1 Å². The molecule has 0 spiro atoms. The van der Waals surface area contributed by atoms with Gasteiger partial charge >= 0.3 is 5.69 Å². The molecule has 1 aromatic heterocycles. The van der Waals surface area contributed by atoms with Crippen molar-refractivity contribution in [2.75, 3.05) is 0 Å². The van der Waals surface area contributed by atoms with E-state index in [1.165, 1.54) is 17.3 Å². The maximum atomic E-state index is 11.2. The monoisotopic (exact) mass is 248 g/mol. The van der Waals surface area contributed by atoms with Crippen LogP contribution in [0.5, 0.6) is 5.75 Å². The number of rotatable bonds is 4. The predicted molar refractivity (Wildman–Crippen MR) is 63.8 cm³/mol. The maximum absolute atomic E-state index is 11.2. The summed E-state index contributed by atoms with van der Waals surface area (Å²) in [5.74, 6) is 0.225. The quantitative estimate of drug-likeness (QED) is 0.610. The molecule has 0 atom stereocenters. The lowest BCUT2D eigenvalue weighted by atomic mass is 10.2. The van der Waals surface area contributed by atoms with Gasteiger partial charge in [-0.15, -0.1) is 0 Å². The summed E-state index contributed by atoms with van der Waals surface area (Å²) in [4.78, 5) is 14.5. The molecule has 1 aromatic carbocycles. The number of nitro groups is 1. The molecule has 0 fully saturated rings. The second kappa shape index (κ2) is 4.82. The van der Waals surface area contributed by atoms with E-state index in [9.17, 15) is 10.1 Å². The van der Waals surface area contributed by atoms with E-state index in [0.29, 0.717) is 5.69 Å². The first-order valence-corrected chi connectivity index (χ1v) is 5.38. The van der Waals surface area contributed by atoms with Gasteiger partial charge in [0.1, 0.15) is 18.3 Å². The fraction of sp³-hybridized carbons (Fsp3) is 0.273. The summed E-state index contributed by atoms with van der Waals surface area (Å²) < 4.78 is 6.78. The molecule has 0 aliphatic carbocycles. The molecule has 0 amide bonds. The average Bonchev–Trinajstić information content (AvgIpc) is 2.80. The zero-order valence-electron chi connectivity index (χ0n) is 9.98. The number of hydrogen-bond donors (Lipinski definition) is 0. The number of hydrogen-bond acceptors (Lipinski definition) is 5. The highest BCUT2D eigenvalue weighted by atomic mass is 16.6. The molecule has 0 bridgehead atoms. The van der Waals surface area contributed by atoms with Crippen molar-refractivity contribution < 1.29 is 9.66 Å². The Labute approximate surface area is 103 Å². The minimum absolute atomic E-state index is 0.114. The molecule has 0 aliphatic heterocycles. The summed E-state index contributed by atoms with van der Waals surface area (Å²) in [5, 5.41) is 15.1. The highest BCUT2D eigenvalue weighted by Gasteiger charge is 2.23. The molecule has 7 heteroatoms. The summed E-state index contributed by atoms with van der Waals surface area (Å²) >= 11 is 0. The summed E-state index contributed by atoms with van der Waals surface area (Å²) in [6.07, 6.45) is 2.58. The van der Waals surface area contributed by atoms with Crippen LogP contribution in [0.2, 0.25) is 0 Å². The van der Waals surface area contributed by atoms with Gasteiger partial charge in [0.05, 0.1) is 11.0 Å². The van der Waals surface area contributed by atoms with Crippen LogP contribution in [0.3, 0.4) is 0 Å². The molecule has 94 valence electrons. The van der Waals surface area contributed by atoms with Crippen molar-refractivity contribution in [1.82, 2.24) is 14.8 Å². The first-order valence-electron chi connectivity index (χ1n) is 5.38. The van der Waals surface area contributed by atoms with Crippen molar-refractivity contribution in [3.8, 4) is 11.4 Å². The number of nitrogens with zero attached hydrogens (tertiary/aromatic N) is 4. The molecule has 7 nitrogen and oxygen atoms in total. The molecular weight excluding hydrogens is 236 g/mol. The van der Waals surface area contributed by atoms with Crippen LogP contribution in [0, 0.1) is 10.1 Å². The molecule has 2 aromatic rings. The Hall–Kier alpha value is -2.44. The second-order valence-corrected chi connectivity index (χ2v) is 3.89. The lowest BCUT2D eigenvalue weighted by Crippen LogP contribution is -2.09. The molecule has 0 N–H and O–H groups in total. The molecule has 0 saturated heterocycles. The van der Waals surface area contributed by atoms with Crippen molar-refractivity contribution in [1.29, 1.82) is 0 Å². The molecule has 0 radical (unpaired) electrons. The van der Waals surface area contributed by atoms with Crippen LogP contribution < -0.4 is 4.74 Å². The van der Waals surface area contributed by atoms with E-state index in [-0.39, 0.29) is 17.5 Å². The molecular formula is C11H12N4O3. The van der Waals surface area contributed by atoms with Crippen LogP contribution in [0.25, 0.3) is 5.69 Å². The molecule has 0 unspecified atom stereocenters. The Bertz CT molecular complexity index is 551. The van der Waals surface area contributed by atoms with Gasteiger partial charge in [-0.2, -0.15) is 5.10 Å². The van der Waals surface area contributed by atoms with Gasteiger partial charge in [-0.05, 0) is 26.0 Å². The Morgan fingerprint density at radius 1 is 1.44 bits per heavy atom. The average molecular weight is 248 g/mol. The van der Waals surface area contributed by atoms with Gasteiger partial charge in [0, 0.05) is 0 Å². The van der Waals surface area contributed by atoms with Gasteiger partial charge in [-0.3, -0.25) is 10.1 Å². The van der Waals surface area contributed by atoms with Crippen molar-refractivity contribution in [3.63, 3.8) is 0 Å². The Morgan fingerprint density at radius 2 is 2.22 bits per heavy atom. The second-order valence-electron chi connectivity index (χ2n) is 3.89. The van der Waals surface area contributed by atoms with Crippen molar-refractivity contribution >= 4 is 5.69 Å². The number of para-hydroxylation sites is 1. The number of benzene rings is 1. The minimum Gasteiger partial charge on any atom is -0.484 e. The SMILES string of the molecule is CC(C)Oc1cccc(-n2cncn2)c1[N+](=O)[O-]. The van der Waals surface area contributed by atoms with Crippen LogP contribution >= 0.6 is 0 Å². The zero-order valence-corrected chi connectivity index (χ0v) is 9.98. The number of nitro benzene ring substituents is 1. The van der Waals surface area contributed by atoms with Gasteiger partial charge in [0.15, 0.2) is 5.75 Å². The molecule has 0 saturated carbocycles. The van der Waals surface area contributed by atoms with Crippen LogP contribution in [0.4, 0.5) is 5.69 Å². The Balaban J connectivity index is 2.56. The van der Waals surface area contributed by atoms with Gasteiger partial charge in [0.2, 0.25) is 0 Å². The third-order valence-electron chi connectivity index (χ3n) is 2.19. The molecule has 0 aliphatic rings. The van der Waals surface area contributed by atoms with Crippen LogP contribution in [0.1, 0.15) is 13.8 Å². The lowest BCUT2D eigenvalue weighted by molar-refractivity contribution is -0.385. The zero-order chi connectivity index (χ0) is 13.1. The summed E-state index contributed by atoms with van der Waals surface area (Å²) in [5.41, 5.74) is 0.215. The maximum Gasteiger partial charge on any atom is 0.336 e. The summed E-state index contributed by atoms with van der Waals surface area (Å²) in [7, 11) is 0. The standard InChI is InChI=1S/C11H12N4O3/c1-8(2)18-10-5-3-4-9(11(10)15(16)17)14-7-12-6-13-14/h3-8H,1-2H3. The predicted octanol–water partition coefficient (Wildman–Crippen LogP) is 1.96. The minimum atomic E-state index is -0.477. The van der Waals surface area contributed by atoms with Crippen molar-refractivity contribution in [2.45, 2.75) is 20.0 Å². The van der Waals surface area contributed by atoms with E-state index >= 15 is 0 Å². The first kappa shape index (κ1) is 12.0. The Morgan fingerprint density at radius 3 is 2.78 bits per heavy atom. The van der Waals surface area contributed by atoms with E-state index in [1.807, 2.05) is 13.8 Å². The van der Waals surface area contributed by atoms with Gasteiger partial charge < -0.3 is 4.74 Å². The largest absolute Gasteiger partial charge is 0.484 e.